The molecule has 0 atom stereocenters. The van der Waals surface area contributed by atoms with Gasteiger partial charge >= 0.3 is 0 Å². The zero-order valence-corrected chi connectivity index (χ0v) is 10.6. The van der Waals surface area contributed by atoms with Gasteiger partial charge in [-0.2, -0.15) is 0 Å². The van der Waals surface area contributed by atoms with Gasteiger partial charge in [-0.25, -0.2) is 4.98 Å². The van der Waals surface area contributed by atoms with Gasteiger partial charge in [-0.05, 0) is 24.1 Å². The SMILES string of the molecule is O=C(C=Cc1nccs1)N1CCc2ccccc21. The van der Waals surface area contributed by atoms with E-state index in [9.17, 15) is 4.79 Å². The lowest BCUT2D eigenvalue weighted by molar-refractivity contribution is -0.114. The van der Waals surface area contributed by atoms with Crippen LogP contribution in [0.5, 0.6) is 0 Å². The highest BCUT2D eigenvalue weighted by Gasteiger charge is 2.22. The van der Waals surface area contributed by atoms with Crippen molar-refractivity contribution in [3.05, 3.63) is 52.5 Å². The Hall–Kier alpha value is -1.94. The summed E-state index contributed by atoms with van der Waals surface area (Å²) < 4.78 is 0. The van der Waals surface area contributed by atoms with E-state index in [1.165, 1.54) is 16.9 Å². The maximum absolute atomic E-state index is 12.1. The second-order valence-electron chi connectivity index (χ2n) is 4.07. The second-order valence-corrected chi connectivity index (χ2v) is 5.00. The summed E-state index contributed by atoms with van der Waals surface area (Å²) in [6.45, 7) is 0.764. The van der Waals surface area contributed by atoms with E-state index in [0.29, 0.717) is 0 Å². The molecule has 0 saturated heterocycles. The van der Waals surface area contributed by atoms with Gasteiger partial charge in [0.2, 0.25) is 0 Å². The van der Waals surface area contributed by atoms with E-state index < -0.39 is 0 Å². The third-order valence-electron chi connectivity index (χ3n) is 2.97. The Kier molecular flexibility index (Phi) is 2.94. The van der Waals surface area contributed by atoms with E-state index in [0.717, 1.165) is 23.7 Å². The molecule has 1 aromatic heterocycles. The summed E-state index contributed by atoms with van der Waals surface area (Å²) in [5.74, 6) is 0.0233. The Labute approximate surface area is 109 Å². The highest BCUT2D eigenvalue weighted by molar-refractivity contribution is 7.10. The fourth-order valence-electron chi connectivity index (χ4n) is 2.12. The first kappa shape index (κ1) is 11.2. The van der Waals surface area contributed by atoms with Crippen molar-refractivity contribution in [3.63, 3.8) is 0 Å². The van der Waals surface area contributed by atoms with Crippen molar-refractivity contribution < 1.29 is 4.79 Å². The predicted octanol–water partition coefficient (Wildman–Crippen LogP) is 2.75. The summed E-state index contributed by atoms with van der Waals surface area (Å²) in [5.41, 5.74) is 2.28. The lowest BCUT2D eigenvalue weighted by Gasteiger charge is -2.14. The lowest BCUT2D eigenvalue weighted by atomic mass is 10.2. The van der Waals surface area contributed by atoms with Crippen LogP contribution in [0.2, 0.25) is 0 Å². The molecule has 18 heavy (non-hydrogen) atoms. The van der Waals surface area contributed by atoms with E-state index in [4.69, 9.17) is 0 Å². The largest absolute Gasteiger partial charge is 0.308 e. The first-order chi connectivity index (χ1) is 8.84. The monoisotopic (exact) mass is 256 g/mol. The molecule has 90 valence electrons. The lowest BCUT2D eigenvalue weighted by Crippen LogP contribution is -2.26. The minimum atomic E-state index is 0.0233. The number of hydrogen-bond donors (Lipinski definition) is 0. The van der Waals surface area contributed by atoms with Crippen LogP contribution in [-0.4, -0.2) is 17.4 Å². The quantitative estimate of drug-likeness (QED) is 0.774. The number of thiazole rings is 1. The number of nitrogens with zero attached hydrogens (tertiary/aromatic N) is 2. The van der Waals surface area contributed by atoms with E-state index in [1.807, 2.05) is 28.5 Å². The van der Waals surface area contributed by atoms with Crippen LogP contribution in [-0.2, 0) is 11.2 Å². The molecule has 0 radical (unpaired) electrons. The summed E-state index contributed by atoms with van der Waals surface area (Å²) in [7, 11) is 0. The minimum Gasteiger partial charge on any atom is -0.308 e. The van der Waals surface area contributed by atoms with Gasteiger partial charge in [-0.1, -0.05) is 18.2 Å². The molecule has 1 aliphatic rings. The standard InChI is InChI=1S/C14H12N2OS/c17-14(6-5-13-15-8-10-18-13)16-9-7-11-3-1-2-4-12(11)16/h1-6,8,10H,7,9H2. The fourth-order valence-corrected chi connectivity index (χ4v) is 2.65. The number of hydrogen-bond acceptors (Lipinski definition) is 3. The number of para-hydroxylation sites is 1. The molecule has 0 spiro atoms. The molecule has 0 unspecified atom stereocenters. The van der Waals surface area contributed by atoms with Crippen LogP contribution in [0.15, 0.2) is 41.9 Å². The van der Waals surface area contributed by atoms with Crippen molar-refractivity contribution in [2.24, 2.45) is 0 Å². The number of carbonyl (C=O) groups excluding carboxylic acids is 1. The van der Waals surface area contributed by atoms with Gasteiger partial charge in [0.15, 0.2) is 0 Å². The zero-order valence-electron chi connectivity index (χ0n) is 9.74. The van der Waals surface area contributed by atoms with Crippen LogP contribution >= 0.6 is 11.3 Å². The highest BCUT2D eigenvalue weighted by Crippen LogP contribution is 2.27. The molecule has 1 aliphatic heterocycles. The molecule has 1 amide bonds. The number of rotatable bonds is 2. The van der Waals surface area contributed by atoms with Crippen LogP contribution in [0.3, 0.4) is 0 Å². The van der Waals surface area contributed by atoms with E-state index in [-0.39, 0.29) is 5.91 Å². The van der Waals surface area contributed by atoms with Gasteiger partial charge in [-0.15, -0.1) is 11.3 Å². The number of carbonyl (C=O) groups is 1. The van der Waals surface area contributed by atoms with Gasteiger partial charge in [-0.3, -0.25) is 4.79 Å². The van der Waals surface area contributed by atoms with Gasteiger partial charge < -0.3 is 4.90 Å². The highest BCUT2D eigenvalue weighted by atomic mass is 32.1. The van der Waals surface area contributed by atoms with Gasteiger partial charge in [0.1, 0.15) is 5.01 Å². The first-order valence-electron chi connectivity index (χ1n) is 5.81. The molecule has 3 rings (SSSR count). The third-order valence-corrected chi connectivity index (χ3v) is 3.71. The van der Waals surface area contributed by atoms with Gasteiger partial charge in [0.25, 0.3) is 5.91 Å². The maximum atomic E-state index is 12.1. The van der Waals surface area contributed by atoms with Crippen molar-refractivity contribution in [1.29, 1.82) is 0 Å². The average Bonchev–Trinajstić information content (AvgIpc) is 3.05. The summed E-state index contributed by atoms with van der Waals surface area (Å²) in [6, 6.07) is 8.05. The Bertz CT molecular complexity index is 590. The van der Waals surface area contributed by atoms with E-state index in [2.05, 4.69) is 11.1 Å². The molecule has 2 aromatic rings. The first-order valence-corrected chi connectivity index (χ1v) is 6.69. The van der Waals surface area contributed by atoms with Crippen molar-refractivity contribution in [2.45, 2.75) is 6.42 Å². The summed E-state index contributed by atoms with van der Waals surface area (Å²) >= 11 is 1.52. The number of aromatic nitrogens is 1. The topological polar surface area (TPSA) is 33.2 Å². The molecular weight excluding hydrogens is 244 g/mol. The van der Waals surface area contributed by atoms with Crippen molar-refractivity contribution in [3.8, 4) is 0 Å². The molecule has 0 N–H and O–H groups in total. The number of anilines is 1. The molecule has 0 fully saturated rings. The van der Waals surface area contributed by atoms with Crippen molar-refractivity contribution in [1.82, 2.24) is 4.98 Å². The molecule has 0 bridgehead atoms. The molecule has 3 nitrogen and oxygen atoms in total. The molecule has 4 heteroatoms. The second kappa shape index (κ2) is 4.74. The molecular formula is C14H12N2OS. The van der Waals surface area contributed by atoms with E-state index >= 15 is 0 Å². The Morgan fingerprint density at radius 3 is 3.11 bits per heavy atom. The number of amides is 1. The van der Waals surface area contributed by atoms with Gasteiger partial charge in [0.05, 0.1) is 0 Å². The van der Waals surface area contributed by atoms with Gasteiger partial charge in [0, 0.05) is 29.9 Å². The predicted molar refractivity (Wildman–Crippen MR) is 73.6 cm³/mol. The normalized spacial score (nSPS) is 14.1. The van der Waals surface area contributed by atoms with Crippen molar-refractivity contribution in [2.75, 3.05) is 11.4 Å². The summed E-state index contributed by atoms with van der Waals surface area (Å²) in [4.78, 5) is 18.1. The smallest absolute Gasteiger partial charge is 0.251 e. The fraction of sp³-hybridized carbons (Fsp3) is 0.143. The van der Waals surface area contributed by atoms with Crippen LogP contribution < -0.4 is 4.90 Å². The number of fused-ring (bicyclic) bond motifs is 1. The summed E-state index contributed by atoms with van der Waals surface area (Å²) in [5, 5.41) is 2.76. The Morgan fingerprint density at radius 1 is 1.39 bits per heavy atom. The minimum absolute atomic E-state index is 0.0233. The summed E-state index contributed by atoms with van der Waals surface area (Å²) in [6.07, 6.45) is 6.04. The number of benzene rings is 1. The molecule has 0 saturated carbocycles. The van der Waals surface area contributed by atoms with Crippen LogP contribution in [0.25, 0.3) is 6.08 Å². The van der Waals surface area contributed by atoms with E-state index in [1.54, 1.807) is 18.3 Å². The third kappa shape index (κ3) is 2.07. The Balaban J connectivity index is 1.79. The van der Waals surface area contributed by atoms with Crippen LogP contribution in [0.1, 0.15) is 10.6 Å². The molecule has 0 aliphatic carbocycles. The Morgan fingerprint density at radius 2 is 2.28 bits per heavy atom. The van der Waals surface area contributed by atoms with Crippen molar-refractivity contribution >= 4 is 29.0 Å². The van der Waals surface area contributed by atoms with Crippen LogP contribution in [0.4, 0.5) is 5.69 Å². The average molecular weight is 256 g/mol. The molecule has 1 aromatic carbocycles. The zero-order chi connectivity index (χ0) is 12.4. The van der Waals surface area contributed by atoms with Crippen LogP contribution in [0, 0.1) is 0 Å². The molecule has 2 heterocycles. The maximum Gasteiger partial charge on any atom is 0.251 e.